The van der Waals surface area contributed by atoms with E-state index in [0.29, 0.717) is 0 Å². The van der Waals surface area contributed by atoms with Crippen LogP contribution in [0.1, 0.15) is 27.2 Å². The van der Waals surface area contributed by atoms with Crippen LogP contribution in [0.3, 0.4) is 0 Å². The number of hydrogen-bond acceptors (Lipinski definition) is 3. The van der Waals surface area contributed by atoms with Crippen molar-refractivity contribution in [3.05, 3.63) is 0 Å². The van der Waals surface area contributed by atoms with Gasteiger partial charge in [-0.25, -0.2) is 0 Å². The Labute approximate surface area is 87.4 Å². The van der Waals surface area contributed by atoms with Crippen molar-refractivity contribution in [2.45, 2.75) is 44.9 Å². The van der Waals surface area contributed by atoms with E-state index in [2.05, 4.69) is 25.7 Å². The molecule has 1 saturated heterocycles. The lowest BCUT2D eigenvalue weighted by Gasteiger charge is -2.43. The molecule has 84 valence electrons. The molecule has 2 unspecified atom stereocenters. The van der Waals surface area contributed by atoms with Crippen molar-refractivity contribution in [2.75, 3.05) is 27.3 Å². The average Bonchev–Trinajstić information content (AvgIpc) is 2.15. The Bertz CT molecular complexity index is 177. The summed E-state index contributed by atoms with van der Waals surface area (Å²) in [5.41, 5.74) is 0.232. The quantitative estimate of drug-likeness (QED) is 0.676. The first-order chi connectivity index (χ1) is 6.49. The summed E-state index contributed by atoms with van der Waals surface area (Å²) < 4.78 is 10.9. The molecule has 0 saturated carbocycles. The summed E-state index contributed by atoms with van der Waals surface area (Å²) in [7, 11) is 3.53. The average molecular weight is 201 g/mol. The molecule has 1 fully saturated rings. The smallest absolute Gasteiger partial charge is 0.0959 e. The second-order valence-electron chi connectivity index (χ2n) is 4.95. The molecule has 0 aromatic rings. The van der Waals surface area contributed by atoms with Gasteiger partial charge in [-0.1, -0.05) is 0 Å². The maximum atomic E-state index is 5.45. The van der Waals surface area contributed by atoms with E-state index in [1.807, 2.05) is 0 Å². The fourth-order valence-corrected chi connectivity index (χ4v) is 2.00. The van der Waals surface area contributed by atoms with Crippen molar-refractivity contribution in [1.29, 1.82) is 0 Å². The molecular weight excluding hydrogens is 178 g/mol. The van der Waals surface area contributed by atoms with Crippen molar-refractivity contribution in [3.63, 3.8) is 0 Å². The molecule has 0 spiro atoms. The molecule has 0 aliphatic carbocycles. The second kappa shape index (κ2) is 4.60. The minimum Gasteiger partial charge on any atom is -0.379 e. The molecule has 1 rings (SSSR count). The van der Waals surface area contributed by atoms with Crippen LogP contribution in [0.5, 0.6) is 0 Å². The Balaban J connectivity index is 2.57. The molecule has 2 atom stereocenters. The molecule has 1 aliphatic heterocycles. The molecule has 0 aromatic heterocycles. The monoisotopic (exact) mass is 201 g/mol. The number of methoxy groups -OCH3 is 2. The molecule has 0 aromatic carbocycles. The van der Waals surface area contributed by atoms with Gasteiger partial charge in [0.05, 0.1) is 12.2 Å². The fraction of sp³-hybridized carbons (Fsp3) is 1.00. The van der Waals surface area contributed by atoms with Crippen LogP contribution in [0.25, 0.3) is 0 Å². The normalized spacial score (nSPS) is 30.6. The fourth-order valence-electron chi connectivity index (χ4n) is 2.00. The highest BCUT2D eigenvalue weighted by Gasteiger charge is 2.33. The number of rotatable bonds is 2. The predicted octanol–water partition coefficient (Wildman–Crippen LogP) is 1.52. The lowest BCUT2D eigenvalue weighted by molar-refractivity contribution is -0.0944. The molecule has 0 amide bonds. The second-order valence-corrected chi connectivity index (χ2v) is 4.95. The first-order valence-electron chi connectivity index (χ1n) is 5.29. The molecule has 0 radical (unpaired) electrons. The van der Waals surface area contributed by atoms with Crippen LogP contribution in [0, 0.1) is 0 Å². The summed E-state index contributed by atoms with van der Waals surface area (Å²) in [6, 6.07) is 0. The highest BCUT2D eigenvalue weighted by atomic mass is 16.5. The van der Waals surface area contributed by atoms with Crippen LogP contribution in [-0.2, 0) is 9.47 Å². The van der Waals surface area contributed by atoms with Gasteiger partial charge in [0, 0.05) is 32.8 Å². The minimum atomic E-state index is 0.216. The summed E-state index contributed by atoms with van der Waals surface area (Å²) in [5.74, 6) is 0. The van der Waals surface area contributed by atoms with E-state index in [0.717, 1.165) is 19.5 Å². The Morgan fingerprint density at radius 1 is 1.07 bits per heavy atom. The van der Waals surface area contributed by atoms with E-state index in [-0.39, 0.29) is 17.7 Å². The topological polar surface area (TPSA) is 21.7 Å². The Kier molecular flexibility index (Phi) is 3.93. The van der Waals surface area contributed by atoms with Gasteiger partial charge in [-0.05, 0) is 27.2 Å². The number of likely N-dealkylation sites (tertiary alicyclic amines) is 1. The molecule has 1 aliphatic rings. The Morgan fingerprint density at radius 2 is 1.64 bits per heavy atom. The van der Waals surface area contributed by atoms with Gasteiger partial charge in [0.15, 0.2) is 0 Å². The molecule has 14 heavy (non-hydrogen) atoms. The van der Waals surface area contributed by atoms with Gasteiger partial charge in [0.25, 0.3) is 0 Å². The number of nitrogens with zero attached hydrogens (tertiary/aromatic N) is 1. The van der Waals surface area contributed by atoms with Gasteiger partial charge in [0.1, 0.15) is 0 Å². The number of hydrogen-bond donors (Lipinski definition) is 0. The first kappa shape index (κ1) is 12.0. The van der Waals surface area contributed by atoms with Crippen LogP contribution >= 0.6 is 0 Å². The molecule has 3 nitrogen and oxygen atoms in total. The zero-order chi connectivity index (χ0) is 10.8. The summed E-state index contributed by atoms with van der Waals surface area (Å²) in [6.07, 6.45) is 1.54. The molecule has 0 N–H and O–H groups in total. The first-order valence-corrected chi connectivity index (χ1v) is 5.29. The summed E-state index contributed by atoms with van der Waals surface area (Å²) in [4.78, 5) is 2.46. The van der Waals surface area contributed by atoms with E-state index in [1.54, 1.807) is 14.2 Å². The largest absolute Gasteiger partial charge is 0.379 e. The number of ether oxygens (including phenoxy) is 2. The van der Waals surface area contributed by atoms with E-state index < -0.39 is 0 Å². The van der Waals surface area contributed by atoms with Crippen LogP contribution in [0.15, 0.2) is 0 Å². The Hall–Kier alpha value is -0.120. The van der Waals surface area contributed by atoms with E-state index in [1.165, 1.54) is 0 Å². The van der Waals surface area contributed by atoms with Crippen LogP contribution in [0.2, 0.25) is 0 Å². The standard InChI is InChI=1S/C11H23NO2/c1-11(2,3)12-7-6-9(13-4)10(8-12)14-5/h9-10H,6-8H2,1-5H3. The lowest BCUT2D eigenvalue weighted by Crippen LogP contribution is -2.54. The van der Waals surface area contributed by atoms with Gasteiger partial charge in [-0.3, -0.25) is 4.90 Å². The van der Waals surface area contributed by atoms with Gasteiger partial charge >= 0.3 is 0 Å². The summed E-state index contributed by atoms with van der Waals surface area (Å²) >= 11 is 0. The lowest BCUT2D eigenvalue weighted by atomic mass is 9.97. The van der Waals surface area contributed by atoms with Gasteiger partial charge < -0.3 is 9.47 Å². The third-order valence-corrected chi connectivity index (χ3v) is 3.05. The van der Waals surface area contributed by atoms with Crippen molar-refractivity contribution >= 4 is 0 Å². The molecule has 3 heteroatoms. The maximum Gasteiger partial charge on any atom is 0.0959 e. The molecule has 0 bridgehead atoms. The SMILES string of the molecule is COC1CCN(C(C)(C)C)CC1OC. The highest BCUT2D eigenvalue weighted by Crippen LogP contribution is 2.22. The third-order valence-electron chi connectivity index (χ3n) is 3.05. The zero-order valence-corrected chi connectivity index (χ0v) is 10.0. The summed E-state index contributed by atoms with van der Waals surface area (Å²) in [6.45, 7) is 8.80. The van der Waals surface area contributed by atoms with Gasteiger partial charge in [0.2, 0.25) is 0 Å². The van der Waals surface area contributed by atoms with Crippen molar-refractivity contribution in [3.8, 4) is 0 Å². The molecular formula is C11H23NO2. The van der Waals surface area contributed by atoms with Crippen LogP contribution in [-0.4, -0.2) is 50.0 Å². The van der Waals surface area contributed by atoms with E-state index in [4.69, 9.17) is 9.47 Å². The Morgan fingerprint density at radius 3 is 2.07 bits per heavy atom. The van der Waals surface area contributed by atoms with Crippen LogP contribution in [0.4, 0.5) is 0 Å². The van der Waals surface area contributed by atoms with E-state index in [9.17, 15) is 0 Å². The van der Waals surface area contributed by atoms with Crippen molar-refractivity contribution in [1.82, 2.24) is 4.90 Å². The van der Waals surface area contributed by atoms with Gasteiger partial charge in [-0.15, -0.1) is 0 Å². The van der Waals surface area contributed by atoms with Crippen LogP contribution < -0.4 is 0 Å². The highest BCUT2D eigenvalue weighted by molar-refractivity contribution is 4.87. The molecule has 1 heterocycles. The number of piperidine rings is 1. The predicted molar refractivity (Wildman–Crippen MR) is 57.5 cm³/mol. The van der Waals surface area contributed by atoms with Crippen molar-refractivity contribution in [2.24, 2.45) is 0 Å². The van der Waals surface area contributed by atoms with Crippen molar-refractivity contribution < 1.29 is 9.47 Å². The van der Waals surface area contributed by atoms with Gasteiger partial charge in [-0.2, -0.15) is 0 Å². The summed E-state index contributed by atoms with van der Waals surface area (Å²) in [5, 5.41) is 0. The minimum absolute atomic E-state index is 0.216. The maximum absolute atomic E-state index is 5.45. The van der Waals surface area contributed by atoms with E-state index >= 15 is 0 Å². The zero-order valence-electron chi connectivity index (χ0n) is 10.0. The third kappa shape index (κ3) is 2.69.